The molecule has 0 saturated carbocycles. The van der Waals surface area contributed by atoms with Crippen molar-refractivity contribution in [3.8, 4) is 22.7 Å². The fourth-order valence-electron chi connectivity index (χ4n) is 4.70. The third-order valence-electron chi connectivity index (χ3n) is 6.75. The third-order valence-corrected chi connectivity index (χ3v) is 7.79. The minimum absolute atomic E-state index is 0.118. The van der Waals surface area contributed by atoms with E-state index in [2.05, 4.69) is 9.89 Å². The van der Waals surface area contributed by atoms with E-state index in [1.807, 2.05) is 71.6 Å². The van der Waals surface area contributed by atoms with Crippen LogP contribution in [-0.2, 0) is 11.4 Å². The molecule has 0 atom stereocenters. The Kier molecular flexibility index (Phi) is 7.27. The number of piperidine rings is 1. The predicted molar refractivity (Wildman–Crippen MR) is 153 cm³/mol. The second-order valence-electron chi connectivity index (χ2n) is 9.48. The lowest BCUT2D eigenvalue weighted by Gasteiger charge is -2.27. The smallest absolute Gasteiger partial charge is 0.286 e. The molecule has 0 bridgehead atoms. The average molecular weight is 539 g/mol. The van der Waals surface area contributed by atoms with Crippen molar-refractivity contribution < 1.29 is 13.9 Å². The zero-order chi connectivity index (χ0) is 26.6. The first kappa shape index (κ1) is 25.1. The quantitative estimate of drug-likeness (QED) is 0.255. The summed E-state index contributed by atoms with van der Waals surface area (Å²) in [5, 5.41) is 5.67. The van der Waals surface area contributed by atoms with Crippen molar-refractivity contribution in [3.63, 3.8) is 0 Å². The number of ether oxygens (including phenoxy) is 1. The number of nitrogens with zero attached hydrogens (tertiary/aromatic N) is 4. The number of carbonyl (C=O) groups is 1. The minimum Gasteiger partial charge on any atom is -0.489 e. The molecular formula is C31H27FN4O2S. The molecule has 0 aliphatic carbocycles. The molecule has 0 unspecified atom stereocenters. The Hall–Kier alpha value is -4.17. The largest absolute Gasteiger partial charge is 0.489 e. The van der Waals surface area contributed by atoms with Gasteiger partial charge in [0.1, 0.15) is 23.9 Å². The second kappa shape index (κ2) is 11.3. The minimum atomic E-state index is -0.297. The highest BCUT2D eigenvalue weighted by Crippen LogP contribution is 2.35. The summed E-state index contributed by atoms with van der Waals surface area (Å²) >= 11 is 1.43. The van der Waals surface area contributed by atoms with Gasteiger partial charge >= 0.3 is 0 Å². The molecular weight excluding hydrogens is 511 g/mol. The molecule has 2 aliphatic rings. The molecule has 8 heteroatoms. The zero-order valence-corrected chi connectivity index (χ0v) is 22.1. The SMILES string of the molecule is O=C1N=C(N2CCCCC2)S/C1=C\c1cn(-c2ccccc2)nc1-c1cccc(OCc2ccccc2F)c1. The first-order valence-corrected chi connectivity index (χ1v) is 13.8. The lowest BCUT2D eigenvalue weighted by Crippen LogP contribution is -2.33. The molecule has 6 nitrogen and oxygen atoms in total. The molecule has 3 heterocycles. The molecule has 0 radical (unpaired) electrons. The highest BCUT2D eigenvalue weighted by molar-refractivity contribution is 8.18. The molecule has 0 N–H and O–H groups in total. The summed E-state index contributed by atoms with van der Waals surface area (Å²) in [4.78, 5) is 20.0. The van der Waals surface area contributed by atoms with Crippen LogP contribution in [0, 0.1) is 5.82 Å². The number of thioether (sulfide) groups is 1. The molecule has 6 rings (SSSR count). The highest BCUT2D eigenvalue weighted by atomic mass is 32.2. The van der Waals surface area contributed by atoms with Gasteiger partial charge in [-0.05, 0) is 67.4 Å². The summed E-state index contributed by atoms with van der Waals surface area (Å²) in [7, 11) is 0. The molecule has 1 amide bonds. The first-order valence-electron chi connectivity index (χ1n) is 13.0. The summed E-state index contributed by atoms with van der Waals surface area (Å²) in [6, 6.07) is 24.0. The van der Waals surface area contributed by atoms with E-state index in [1.54, 1.807) is 18.2 Å². The van der Waals surface area contributed by atoms with Crippen LogP contribution in [-0.4, -0.2) is 38.8 Å². The Morgan fingerprint density at radius 3 is 2.56 bits per heavy atom. The molecule has 39 heavy (non-hydrogen) atoms. The van der Waals surface area contributed by atoms with Gasteiger partial charge in [0.2, 0.25) is 0 Å². The summed E-state index contributed by atoms with van der Waals surface area (Å²) in [5.41, 5.74) is 3.74. The van der Waals surface area contributed by atoms with Crippen molar-refractivity contribution in [3.05, 3.63) is 107 Å². The number of likely N-dealkylation sites (tertiary alicyclic amines) is 1. The highest BCUT2D eigenvalue weighted by Gasteiger charge is 2.27. The van der Waals surface area contributed by atoms with Crippen LogP contribution in [0.4, 0.5) is 4.39 Å². The molecule has 4 aromatic rings. The molecule has 1 saturated heterocycles. The van der Waals surface area contributed by atoms with E-state index in [1.165, 1.54) is 24.2 Å². The fourth-order valence-corrected chi connectivity index (χ4v) is 5.66. The summed E-state index contributed by atoms with van der Waals surface area (Å²) in [6.07, 6.45) is 7.27. The first-order chi connectivity index (χ1) is 19.1. The van der Waals surface area contributed by atoms with Gasteiger partial charge in [-0.3, -0.25) is 4.79 Å². The second-order valence-corrected chi connectivity index (χ2v) is 10.5. The van der Waals surface area contributed by atoms with Crippen LogP contribution in [0.1, 0.15) is 30.4 Å². The number of aliphatic imine (C=N–C) groups is 1. The van der Waals surface area contributed by atoms with E-state index in [-0.39, 0.29) is 18.3 Å². The van der Waals surface area contributed by atoms with Crippen LogP contribution >= 0.6 is 11.8 Å². The Balaban J connectivity index is 1.31. The van der Waals surface area contributed by atoms with Gasteiger partial charge < -0.3 is 9.64 Å². The van der Waals surface area contributed by atoms with E-state index >= 15 is 0 Å². The Bertz CT molecular complexity index is 1560. The number of para-hydroxylation sites is 1. The number of amidine groups is 1. The van der Waals surface area contributed by atoms with E-state index < -0.39 is 0 Å². The van der Waals surface area contributed by atoms with Gasteiger partial charge in [-0.25, -0.2) is 9.07 Å². The van der Waals surface area contributed by atoms with Crippen LogP contribution in [0.5, 0.6) is 5.75 Å². The number of carbonyl (C=O) groups excluding carboxylic acids is 1. The summed E-state index contributed by atoms with van der Waals surface area (Å²) < 4.78 is 21.8. The molecule has 1 aromatic heterocycles. The lowest BCUT2D eigenvalue weighted by atomic mass is 10.1. The van der Waals surface area contributed by atoms with Crippen LogP contribution in [0.25, 0.3) is 23.0 Å². The van der Waals surface area contributed by atoms with Gasteiger partial charge in [0.15, 0.2) is 5.17 Å². The van der Waals surface area contributed by atoms with E-state index in [0.29, 0.717) is 21.9 Å². The lowest BCUT2D eigenvalue weighted by molar-refractivity contribution is -0.113. The number of amides is 1. The van der Waals surface area contributed by atoms with Crippen LogP contribution in [0.15, 0.2) is 95.0 Å². The third kappa shape index (κ3) is 5.66. The normalized spacial score (nSPS) is 16.5. The summed E-state index contributed by atoms with van der Waals surface area (Å²) in [6.45, 7) is 1.99. The van der Waals surface area contributed by atoms with Gasteiger partial charge in [0.25, 0.3) is 5.91 Å². The van der Waals surface area contributed by atoms with Crippen molar-refractivity contribution in [2.24, 2.45) is 4.99 Å². The molecule has 2 aliphatic heterocycles. The van der Waals surface area contributed by atoms with E-state index in [4.69, 9.17) is 9.84 Å². The number of rotatable bonds is 6. The standard InChI is InChI=1S/C31H27FN4O2S/c32-27-15-6-5-10-23(27)21-38-26-14-9-11-22(18-26)29-24(20-36(34-29)25-12-3-1-4-13-25)19-28-30(37)33-31(39-28)35-16-7-2-8-17-35/h1,3-6,9-15,18-20H,2,7-8,16-17,21H2/b28-19-. The summed E-state index contributed by atoms with van der Waals surface area (Å²) in [5.74, 6) is 0.0839. The average Bonchev–Trinajstić information content (AvgIpc) is 3.57. The number of hydrogen-bond donors (Lipinski definition) is 0. The van der Waals surface area contributed by atoms with E-state index in [9.17, 15) is 9.18 Å². The number of benzene rings is 3. The molecule has 0 spiro atoms. The van der Waals surface area contributed by atoms with Gasteiger partial charge in [-0.15, -0.1) is 0 Å². The number of aromatic nitrogens is 2. The van der Waals surface area contributed by atoms with Crippen molar-refractivity contribution in [2.45, 2.75) is 25.9 Å². The van der Waals surface area contributed by atoms with Crippen LogP contribution in [0.2, 0.25) is 0 Å². The van der Waals surface area contributed by atoms with Crippen LogP contribution in [0.3, 0.4) is 0 Å². The van der Waals surface area contributed by atoms with Gasteiger partial charge in [0.05, 0.1) is 10.6 Å². The van der Waals surface area contributed by atoms with Crippen molar-refractivity contribution in [2.75, 3.05) is 13.1 Å². The maximum Gasteiger partial charge on any atom is 0.286 e. The Morgan fingerprint density at radius 2 is 1.74 bits per heavy atom. The monoisotopic (exact) mass is 538 g/mol. The predicted octanol–water partition coefficient (Wildman–Crippen LogP) is 6.71. The molecule has 196 valence electrons. The number of halogens is 1. The van der Waals surface area contributed by atoms with Gasteiger partial charge in [-0.1, -0.05) is 48.5 Å². The Morgan fingerprint density at radius 1 is 0.949 bits per heavy atom. The maximum atomic E-state index is 14.1. The van der Waals surface area contributed by atoms with Crippen molar-refractivity contribution in [1.29, 1.82) is 0 Å². The molecule has 3 aromatic carbocycles. The maximum absolute atomic E-state index is 14.1. The number of hydrogen-bond acceptors (Lipinski definition) is 5. The zero-order valence-electron chi connectivity index (χ0n) is 21.3. The Labute approximate surface area is 230 Å². The van der Waals surface area contributed by atoms with E-state index in [0.717, 1.165) is 47.9 Å². The van der Waals surface area contributed by atoms with Gasteiger partial charge in [0, 0.05) is 36.0 Å². The van der Waals surface area contributed by atoms with Crippen LogP contribution < -0.4 is 4.74 Å². The van der Waals surface area contributed by atoms with Crippen molar-refractivity contribution >= 4 is 28.9 Å². The fraction of sp³-hybridized carbons (Fsp3) is 0.194. The topological polar surface area (TPSA) is 59.7 Å². The van der Waals surface area contributed by atoms with Crippen molar-refractivity contribution in [1.82, 2.24) is 14.7 Å². The molecule has 1 fully saturated rings. The van der Waals surface area contributed by atoms with Gasteiger partial charge in [-0.2, -0.15) is 10.1 Å².